The van der Waals surface area contributed by atoms with Crippen molar-refractivity contribution in [3.63, 3.8) is 0 Å². The molecule has 0 fully saturated rings. The fraction of sp³-hybridized carbons (Fsp3) is 0.462. The monoisotopic (exact) mass is 261 g/mol. The lowest BCUT2D eigenvalue weighted by molar-refractivity contribution is -0.131. The van der Waals surface area contributed by atoms with Crippen molar-refractivity contribution in [3.05, 3.63) is 35.4 Å². The first-order chi connectivity index (χ1) is 8.97. The molecule has 102 valence electrons. The molecule has 0 aliphatic heterocycles. The Morgan fingerprint density at radius 3 is 2.68 bits per heavy atom. The first-order valence-corrected chi connectivity index (χ1v) is 6.19. The number of rotatable bonds is 4. The van der Waals surface area contributed by atoms with Gasteiger partial charge in [0.15, 0.2) is 0 Å². The molecule has 0 unspecified atom stereocenters. The van der Waals surface area contributed by atoms with Gasteiger partial charge in [0, 0.05) is 26.0 Å². The normalized spacial score (nSPS) is 10.7. The number of likely N-dealkylation sites (N-methyl/N-ethyl adjacent to an activating group) is 1. The summed E-state index contributed by atoms with van der Waals surface area (Å²) in [6, 6.07) is 3.88. The van der Waals surface area contributed by atoms with Crippen LogP contribution >= 0.6 is 0 Å². The summed E-state index contributed by atoms with van der Waals surface area (Å²) >= 11 is 0. The highest BCUT2D eigenvalue weighted by Gasteiger charge is 2.13. The number of hydrogen-bond donors (Lipinski definition) is 0. The van der Waals surface area contributed by atoms with Crippen molar-refractivity contribution < 1.29 is 4.79 Å². The van der Waals surface area contributed by atoms with Gasteiger partial charge in [-0.05, 0) is 26.0 Å². The van der Waals surface area contributed by atoms with Gasteiger partial charge in [-0.2, -0.15) is 10.2 Å². The van der Waals surface area contributed by atoms with Crippen LogP contribution in [0.1, 0.15) is 17.1 Å². The summed E-state index contributed by atoms with van der Waals surface area (Å²) in [5.74, 6) is 0.0346. The smallest absolute Gasteiger partial charge is 0.244 e. The number of nitrogens with zero attached hydrogens (tertiary/aromatic N) is 5. The summed E-state index contributed by atoms with van der Waals surface area (Å²) < 4.78 is 3.50. The topological polar surface area (TPSA) is 56.0 Å². The molecule has 0 atom stereocenters. The van der Waals surface area contributed by atoms with E-state index in [9.17, 15) is 4.79 Å². The highest BCUT2D eigenvalue weighted by atomic mass is 16.2. The van der Waals surface area contributed by atoms with Gasteiger partial charge in [-0.1, -0.05) is 0 Å². The van der Waals surface area contributed by atoms with Crippen molar-refractivity contribution in [2.24, 2.45) is 7.05 Å². The quantitative estimate of drug-likeness (QED) is 0.821. The van der Waals surface area contributed by atoms with E-state index in [0.29, 0.717) is 6.54 Å². The molecule has 6 nitrogen and oxygen atoms in total. The Kier molecular flexibility index (Phi) is 3.69. The van der Waals surface area contributed by atoms with E-state index in [-0.39, 0.29) is 12.5 Å². The predicted molar refractivity (Wildman–Crippen MR) is 71.4 cm³/mol. The minimum atomic E-state index is 0.0346. The second-order valence-corrected chi connectivity index (χ2v) is 4.78. The molecule has 0 spiro atoms. The molecule has 2 rings (SSSR count). The second-order valence-electron chi connectivity index (χ2n) is 4.78. The zero-order chi connectivity index (χ0) is 14.0. The van der Waals surface area contributed by atoms with Crippen LogP contribution in [0.3, 0.4) is 0 Å². The minimum Gasteiger partial charge on any atom is -0.338 e. The van der Waals surface area contributed by atoms with Gasteiger partial charge in [0.25, 0.3) is 0 Å². The van der Waals surface area contributed by atoms with Gasteiger partial charge in [-0.25, -0.2) is 0 Å². The van der Waals surface area contributed by atoms with Gasteiger partial charge in [0.1, 0.15) is 6.54 Å². The molecule has 0 saturated carbocycles. The summed E-state index contributed by atoms with van der Waals surface area (Å²) in [5.41, 5.74) is 2.93. The van der Waals surface area contributed by atoms with Crippen LogP contribution in [0.4, 0.5) is 0 Å². The van der Waals surface area contributed by atoms with E-state index in [1.54, 1.807) is 27.5 Å². The molecule has 6 heteroatoms. The summed E-state index contributed by atoms with van der Waals surface area (Å²) in [4.78, 5) is 13.8. The first kappa shape index (κ1) is 13.3. The molecule has 1 amide bonds. The number of aromatic nitrogens is 4. The molecule has 19 heavy (non-hydrogen) atoms. The molecular weight excluding hydrogens is 242 g/mol. The van der Waals surface area contributed by atoms with Crippen LogP contribution < -0.4 is 0 Å². The molecule has 0 N–H and O–H groups in total. The van der Waals surface area contributed by atoms with Crippen molar-refractivity contribution >= 4 is 5.91 Å². The Morgan fingerprint density at radius 2 is 2.16 bits per heavy atom. The summed E-state index contributed by atoms with van der Waals surface area (Å²) in [6.45, 7) is 4.70. The summed E-state index contributed by atoms with van der Waals surface area (Å²) in [7, 11) is 3.66. The van der Waals surface area contributed by atoms with Gasteiger partial charge < -0.3 is 4.90 Å². The molecule has 2 aromatic heterocycles. The van der Waals surface area contributed by atoms with Crippen LogP contribution in [0.15, 0.2) is 18.3 Å². The number of amides is 1. The third-order valence-electron chi connectivity index (χ3n) is 3.14. The van der Waals surface area contributed by atoms with Gasteiger partial charge in [-0.3, -0.25) is 14.2 Å². The third kappa shape index (κ3) is 3.01. The van der Waals surface area contributed by atoms with Gasteiger partial charge in [0.2, 0.25) is 5.91 Å². The van der Waals surface area contributed by atoms with Crippen LogP contribution in [0.25, 0.3) is 0 Å². The lowest BCUT2D eigenvalue weighted by Gasteiger charge is -2.17. The Labute approximate surface area is 112 Å². The SMILES string of the molecule is Cc1cc(C)n(CC(=O)N(C)Cc2ccnn2C)n1. The second kappa shape index (κ2) is 5.26. The maximum atomic E-state index is 12.1. The maximum absolute atomic E-state index is 12.1. The van der Waals surface area contributed by atoms with Crippen LogP contribution in [0, 0.1) is 13.8 Å². The molecule has 0 radical (unpaired) electrons. The lowest BCUT2D eigenvalue weighted by Crippen LogP contribution is -2.31. The van der Waals surface area contributed by atoms with Gasteiger partial charge >= 0.3 is 0 Å². The number of hydrogen-bond acceptors (Lipinski definition) is 3. The van der Waals surface area contributed by atoms with Crippen molar-refractivity contribution in [1.82, 2.24) is 24.5 Å². The number of carbonyl (C=O) groups is 1. The van der Waals surface area contributed by atoms with E-state index in [2.05, 4.69) is 10.2 Å². The van der Waals surface area contributed by atoms with E-state index >= 15 is 0 Å². The summed E-state index contributed by atoms with van der Waals surface area (Å²) in [5, 5.41) is 8.39. The largest absolute Gasteiger partial charge is 0.338 e. The molecule has 0 saturated heterocycles. The van der Waals surface area contributed by atoms with Crippen molar-refractivity contribution in [2.75, 3.05) is 7.05 Å². The Morgan fingerprint density at radius 1 is 1.42 bits per heavy atom. The van der Waals surface area contributed by atoms with Crippen molar-refractivity contribution in [3.8, 4) is 0 Å². The van der Waals surface area contributed by atoms with Crippen LogP contribution in [-0.4, -0.2) is 37.4 Å². The van der Waals surface area contributed by atoms with E-state index in [1.165, 1.54) is 0 Å². The van der Waals surface area contributed by atoms with E-state index in [4.69, 9.17) is 0 Å². The fourth-order valence-electron chi connectivity index (χ4n) is 1.97. The van der Waals surface area contributed by atoms with Crippen molar-refractivity contribution in [2.45, 2.75) is 26.9 Å². The van der Waals surface area contributed by atoms with Gasteiger partial charge in [0.05, 0.1) is 17.9 Å². The van der Waals surface area contributed by atoms with Crippen LogP contribution in [0.5, 0.6) is 0 Å². The zero-order valence-corrected chi connectivity index (χ0v) is 11.8. The van der Waals surface area contributed by atoms with E-state index in [0.717, 1.165) is 17.1 Å². The Bertz CT molecular complexity index is 584. The number of aryl methyl sites for hydroxylation is 3. The molecule has 0 aliphatic rings. The summed E-state index contributed by atoms with van der Waals surface area (Å²) in [6.07, 6.45) is 1.73. The zero-order valence-electron chi connectivity index (χ0n) is 11.8. The van der Waals surface area contributed by atoms with Gasteiger partial charge in [-0.15, -0.1) is 0 Å². The van der Waals surface area contributed by atoms with Crippen LogP contribution in [-0.2, 0) is 24.9 Å². The molecule has 0 bridgehead atoms. The molecule has 2 aromatic rings. The Balaban J connectivity index is 2.00. The molecule has 0 aromatic carbocycles. The fourth-order valence-corrected chi connectivity index (χ4v) is 1.97. The maximum Gasteiger partial charge on any atom is 0.244 e. The number of carbonyl (C=O) groups excluding carboxylic acids is 1. The lowest BCUT2D eigenvalue weighted by atomic mass is 10.3. The average Bonchev–Trinajstić information content (AvgIpc) is 2.86. The first-order valence-electron chi connectivity index (χ1n) is 6.19. The van der Waals surface area contributed by atoms with Crippen LogP contribution in [0.2, 0.25) is 0 Å². The highest BCUT2D eigenvalue weighted by Crippen LogP contribution is 2.05. The molecular formula is C13H19N5O. The van der Waals surface area contributed by atoms with Crippen molar-refractivity contribution in [1.29, 1.82) is 0 Å². The van der Waals surface area contributed by atoms with E-state index in [1.807, 2.05) is 33.0 Å². The van der Waals surface area contributed by atoms with E-state index < -0.39 is 0 Å². The standard InChI is InChI=1S/C13H19N5O/c1-10-7-11(2)18(15-10)9-13(19)16(3)8-12-5-6-14-17(12)4/h5-7H,8-9H2,1-4H3. The minimum absolute atomic E-state index is 0.0346. The highest BCUT2D eigenvalue weighted by molar-refractivity contribution is 5.75. The average molecular weight is 261 g/mol. The predicted octanol–water partition coefficient (Wildman–Crippen LogP) is 0.892. The third-order valence-corrected chi connectivity index (χ3v) is 3.14. The Hall–Kier alpha value is -2.11. The molecule has 0 aliphatic carbocycles. The molecule has 2 heterocycles.